The second kappa shape index (κ2) is 5.21. The van der Waals surface area contributed by atoms with Gasteiger partial charge in [-0.15, -0.1) is 5.10 Å². The zero-order chi connectivity index (χ0) is 14.4. The molecule has 2 fully saturated rings. The first kappa shape index (κ1) is 13.5. The zero-order valence-electron chi connectivity index (χ0n) is 12.1. The van der Waals surface area contributed by atoms with E-state index < -0.39 is 0 Å². The van der Waals surface area contributed by atoms with E-state index in [1.807, 2.05) is 12.1 Å². The lowest BCUT2D eigenvalue weighted by atomic mass is 9.98. The van der Waals surface area contributed by atoms with Crippen molar-refractivity contribution in [3.05, 3.63) is 34.9 Å². The average molecular weight is 347 g/mol. The highest BCUT2D eigenvalue weighted by Gasteiger charge is 2.39. The molecule has 1 aromatic heterocycles. The summed E-state index contributed by atoms with van der Waals surface area (Å²) in [5, 5.41) is 8.76. The van der Waals surface area contributed by atoms with Crippen LogP contribution in [0.1, 0.15) is 31.7 Å². The molecule has 0 radical (unpaired) electrons. The Morgan fingerprint density at radius 3 is 2.38 bits per heavy atom. The molecular weight excluding hydrogens is 328 g/mol. The highest BCUT2D eigenvalue weighted by molar-refractivity contribution is 9.10. The van der Waals surface area contributed by atoms with Gasteiger partial charge in [0.25, 0.3) is 0 Å². The molecule has 2 saturated heterocycles. The summed E-state index contributed by atoms with van der Waals surface area (Å²) < 4.78 is 3.18. The summed E-state index contributed by atoms with van der Waals surface area (Å²) in [5.41, 5.74) is 2.09. The maximum atomic E-state index is 4.40. The summed E-state index contributed by atoms with van der Waals surface area (Å²) in [6.45, 7) is 0. The van der Waals surface area contributed by atoms with Crippen LogP contribution in [0.25, 0.3) is 11.3 Å². The molecule has 4 nitrogen and oxygen atoms in total. The van der Waals surface area contributed by atoms with Crippen LogP contribution in [0.4, 0.5) is 0 Å². The summed E-state index contributed by atoms with van der Waals surface area (Å²) in [5.74, 6) is 0. The molecule has 3 heterocycles. The van der Waals surface area contributed by atoms with Crippen LogP contribution in [-0.4, -0.2) is 39.0 Å². The van der Waals surface area contributed by atoms with E-state index in [1.165, 1.54) is 25.7 Å². The number of rotatable bonds is 2. The van der Waals surface area contributed by atoms with Gasteiger partial charge in [-0.25, -0.2) is 4.68 Å². The molecule has 0 N–H and O–H groups in total. The van der Waals surface area contributed by atoms with Crippen molar-refractivity contribution in [3.8, 4) is 11.3 Å². The van der Waals surface area contributed by atoms with E-state index in [2.05, 4.69) is 61.2 Å². The fourth-order valence-corrected chi connectivity index (χ4v) is 4.07. The highest BCUT2D eigenvalue weighted by Crippen LogP contribution is 2.39. The Balaban J connectivity index is 1.56. The van der Waals surface area contributed by atoms with Gasteiger partial charge in [0.15, 0.2) is 0 Å². The summed E-state index contributed by atoms with van der Waals surface area (Å²) in [6.07, 6.45) is 7.20. The summed E-state index contributed by atoms with van der Waals surface area (Å²) in [7, 11) is 2.27. The van der Waals surface area contributed by atoms with Gasteiger partial charge in [0, 0.05) is 22.1 Å². The SMILES string of the molecule is CN1[C@@H]2CC[C@H]1C[C@@H](n1cc(-c3ccc(Br)cc3)nn1)C2. The molecule has 4 rings (SSSR count). The van der Waals surface area contributed by atoms with Crippen molar-refractivity contribution in [1.29, 1.82) is 0 Å². The van der Waals surface area contributed by atoms with Crippen molar-refractivity contribution in [1.82, 2.24) is 19.9 Å². The average Bonchev–Trinajstić information content (AvgIpc) is 3.03. The van der Waals surface area contributed by atoms with Gasteiger partial charge in [-0.05, 0) is 44.9 Å². The largest absolute Gasteiger partial charge is 0.300 e. The molecule has 5 heteroatoms. The van der Waals surface area contributed by atoms with Crippen LogP contribution < -0.4 is 0 Å². The topological polar surface area (TPSA) is 34.0 Å². The Labute approximate surface area is 133 Å². The molecule has 2 aromatic rings. The molecule has 2 bridgehead atoms. The monoisotopic (exact) mass is 346 g/mol. The van der Waals surface area contributed by atoms with E-state index in [1.54, 1.807) is 0 Å². The number of halogens is 1. The van der Waals surface area contributed by atoms with Gasteiger partial charge in [-0.3, -0.25) is 0 Å². The third-order valence-electron chi connectivity index (χ3n) is 5.10. The second-order valence-electron chi connectivity index (χ2n) is 6.27. The molecule has 3 atom stereocenters. The van der Waals surface area contributed by atoms with Crippen molar-refractivity contribution < 1.29 is 0 Å². The van der Waals surface area contributed by atoms with Gasteiger partial charge in [-0.1, -0.05) is 33.3 Å². The number of piperidine rings is 1. The Kier molecular flexibility index (Phi) is 3.34. The predicted molar refractivity (Wildman–Crippen MR) is 86.0 cm³/mol. The summed E-state index contributed by atoms with van der Waals surface area (Å²) >= 11 is 3.47. The van der Waals surface area contributed by atoms with Crippen molar-refractivity contribution >= 4 is 15.9 Å². The molecule has 0 amide bonds. The number of benzene rings is 1. The van der Waals surface area contributed by atoms with Gasteiger partial charge in [-0.2, -0.15) is 0 Å². The van der Waals surface area contributed by atoms with Crippen LogP contribution in [0.2, 0.25) is 0 Å². The van der Waals surface area contributed by atoms with E-state index in [-0.39, 0.29) is 0 Å². The highest BCUT2D eigenvalue weighted by atomic mass is 79.9. The van der Waals surface area contributed by atoms with Crippen LogP contribution in [0.5, 0.6) is 0 Å². The molecular formula is C16H19BrN4. The fourth-order valence-electron chi connectivity index (χ4n) is 3.81. The molecule has 21 heavy (non-hydrogen) atoms. The minimum Gasteiger partial charge on any atom is -0.300 e. The second-order valence-corrected chi connectivity index (χ2v) is 7.18. The van der Waals surface area contributed by atoms with Gasteiger partial charge < -0.3 is 4.90 Å². The predicted octanol–water partition coefficient (Wildman–Crippen LogP) is 3.51. The molecule has 2 aliphatic heterocycles. The maximum absolute atomic E-state index is 4.40. The summed E-state index contributed by atoms with van der Waals surface area (Å²) in [6, 6.07) is 10.2. The fraction of sp³-hybridized carbons (Fsp3) is 0.500. The minimum absolute atomic E-state index is 0.510. The lowest BCUT2D eigenvalue weighted by Gasteiger charge is -2.36. The van der Waals surface area contributed by atoms with E-state index in [4.69, 9.17) is 0 Å². The number of nitrogens with zero attached hydrogens (tertiary/aromatic N) is 4. The smallest absolute Gasteiger partial charge is 0.113 e. The Morgan fingerprint density at radius 1 is 1.05 bits per heavy atom. The van der Waals surface area contributed by atoms with Gasteiger partial charge in [0.05, 0.1) is 12.2 Å². The molecule has 0 saturated carbocycles. The lowest BCUT2D eigenvalue weighted by Crippen LogP contribution is -2.40. The number of hydrogen-bond donors (Lipinski definition) is 0. The lowest BCUT2D eigenvalue weighted by molar-refractivity contribution is 0.130. The van der Waals surface area contributed by atoms with Gasteiger partial charge in [0.2, 0.25) is 0 Å². The third kappa shape index (κ3) is 2.42. The van der Waals surface area contributed by atoms with Crippen molar-refractivity contribution in [2.24, 2.45) is 0 Å². The van der Waals surface area contributed by atoms with Crippen LogP contribution in [0, 0.1) is 0 Å². The van der Waals surface area contributed by atoms with Crippen LogP contribution in [0.15, 0.2) is 34.9 Å². The molecule has 2 aliphatic rings. The first-order chi connectivity index (χ1) is 10.2. The Morgan fingerprint density at radius 2 is 1.71 bits per heavy atom. The first-order valence-electron chi connectivity index (χ1n) is 7.60. The van der Waals surface area contributed by atoms with Gasteiger partial charge >= 0.3 is 0 Å². The van der Waals surface area contributed by atoms with E-state index in [0.717, 1.165) is 27.8 Å². The molecule has 0 unspecified atom stereocenters. The molecule has 110 valence electrons. The number of aromatic nitrogens is 3. The number of hydrogen-bond acceptors (Lipinski definition) is 3. The van der Waals surface area contributed by atoms with E-state index in [9.17, 15) is 0 Å². The minimum atomic E-state index is 0.510. The van der Waals surface area contributed by atoms with Crippen LogP contribution in [0.3, 0.4) is 0 Å². The Hall–Kier alpha value is -1.20. The molecule has 0 aliphatic carbocycles. The number of fused-ring (bicyclic) bond motifs is 2. The maximum Gasteiger partial charge on any atom is 0.113 e. The standard InChI is InChI=1S/C16H19BrN4/c1-20-13-6-7-14(20)9-15(8-13)21-10-16(18-19-21)11-2-4-12(17)5-3-11/h2-5,10,13-15H,6-9H2,1H3/t13-,14+,15+. The molecule has 0 spiro atoms. The Bertz CT molecular complexity index is 622. The quantitative estimate of drug-likeness (QED) is 0.834. The van der Waals surface area contributed by atoms with Crippen LogP contribution in [-0.2, 0) is 0 Å². The van der Waals surface area contributed by atoms with Crippen molar-refractivity contribution in [2.45, 2.75) is 43.8 Å². The van der Waals surface area contributed by atoms with Crippen molar-refractivity contribution in [3.63, 3.8) is 0 Å². The van der Waals surface area contributed by atoms with Crippen LogP contribution >= 0.6 is 15.9 Å². The zero-order valence-corrected chi connectivity index (χ0v) is 13.7. The van der Waals surface area contributed by atoms with E-state index >= 15 is 0 Å². The van der Waals surface area contributed by atoms with Gasteiger partial charge in [0.1, 0.15) is 5.69 Å². The van der Waals surface area contributed by atoms with E-state index in [0.29, 0.717) is 6.04 Å². The summed E-state index contributed by atoms with van der Waals surface area (Å²) in [4.78, 5) is 2.56. The first-order valence-corrected chi connectivity index (χ1v) is 8.40. The van der Waals surface area contributed by atoms with Crippen molar-refractivity contribution in [2.75, 3.05) is 7.05 Å². The molecule has 1 aromatic carbocycles. The normalized spacial score (nSPS) is 29.0. The third-order valence-corrected chi connectivity index (χ3v) is 5.63.